The maximum Gasteiger partial charge on any atom is 0.267 e. The molecule has 0 aliphatic carbocycles. The lowest BCUT2D eigenvalue weighted by Gasteiger charge is -2.08. The standard InChI is InChI=1S/C13H14N2OS/c1-17-12-7-3-2-5-10(12)9-15-13(16)11-6-4-8-14-11/h2-8,14H,9H2,1H3,(H,15,16). The highest BCUT2D eigenvalue weighted by atomic mass is 32.2. The van der Waals surface area contributed by atoms with Crippen LogP contribution in [-0.2, 0) is 6.54 Å². The molecule has 0 fully saturated rings. The van der Waals surface area contributed by atoms with Gasteiger partial charge in [-0.3, -0.25) is 4.79 Å². The summed E-state index contributed by atoms with van der Waals surface area (Å²) in [6, 6.07) is 11.6. The number of aromatic amines is 1. The number of amides is 1. The molecule has 2 N–H and O–H groups in total. The van der Waals surface area contributed by atoms with Gasteiger partial charge in [-0.15, -0.1) is 11.8 Å². The van der Waals surface area contributed by atoms with Crippen LogP contribution < -0.4 is 5.32 Å². The molecule has 2 rings (SSSR count). The third-order valence-corrected chi connectivity index (χ3v) is 3.31. The van der Waals surface area contributed by atoms with E-state index in [4.69, 9.17) is 0 Å². The number of hydrogen-bond donors (Lipinski definition) is 2. The summed E-state index contributed by atoms with van der Waals surface area (Å²) in [5.74, 6) is -0.0779. The van der Waals surface area contributed by atoms with Crippen LogP contribution in [0.1, 0.15) is 16.1 Å². The zero-order chi connectivity index (χ0) is 12.1. The van der Waals surface area contributed by atoms with Crippen LogP contribution in [0.2, 0.25) is 0 Å². The van der Waals surface area contributed by atoms with Gasteiger partial charge in [-0.1, -0.05) is 18.2 Å². The summed E-state index contributed by atoms with van der Waals surface area (Å²) < 4.78 is 0. The second kappa shape index (κ2) is 5.59. The van der Waals surface area contributed by atoms with Crippen LogP contribution >= 0.6 is 11.8 Å². The van der Waals surface area contributed by atoms with Gasteiger partial charge in [0.2, 0.25) is 0 Å². The van der Waals surface area contributed by atoms with Gasteiger partial charge in [0.25, 0.3) is 5.91 Å². The normalized spacial score (nSPS) is 10.2. The van der Waals surface area contributed by atoms with Gasteiger partial charge in [0.1, 0.15) is 5.69 Å². The SMILES string of the molecule is CSc1ccccc1CNC(=O)c1ccc[nH]1. The number of aromatic nitrogens is 1. The summed E-state index contributed by atoms with van der Waals surface area (Å²) >= 11 is 1.69. The van der Waals surface area contributed by atoms with Gasteiger partial charge < -0.3 is 10.3 Å². The van der Waals surface area contributed by atoms with Gasteiger partial charge in [0, 0.05) is 17.6 Å². The van der Waals surface area contributed by atoms with Crippen LogP contribution in [0.3, 0.4) is 0 Å². The van der Waals surface area contributed by atoms with E-state index in [1.165, 1.54) is 4.90 Å². The molecule has 1 aromatic heterocycles. The van der Waals surface area contributed by atoms with Crippen molar-refractivity contribution in [2.75, 3.05) is 6.26 Å². The Kier molecular flexibility index (Phi) is 3.88. The predicted octanol–water partition coefficient (Wildman–Crippen LogP) is 2.67. The summed E-state index contributed by atoms with van der Waals surface area (Å²) in [7, 11) is 0. The average molecular weight is 246 g/mol. The Bertz CT molecular complexity index is 494. The largest absolute Gasteiger partial charge is 0.357 e. The number of benzene rings is 1. The van der Waals surface area contributed by atoms with E-state index in [0.29, 0.717) is 12.2 Å². The third-order valence-electron chi connectivity index (χ3n) is 2.47. The maximum atomic E-state index is 11.7. The molecule has 0 radical (unpaired) electrons. The summed E-state index contributed by atoms with van der Waals surface area (Å²) in [4.78, 5) is 15.8. The Morgan fingerprint density at radius 3 is 2.82 bits per heavy atom. The lowest BCUT2D eigenvalue weighted by molar-refractivity contribution is 0.0946. The molecule has 2 aromatic rings. The Balaban J connectivity index is 2.00. The second-order valence-corrected chi connectivity index (χ2v) is 4.43. The Labute approximate surface area is 105 Å². The van der Waals surface area contributed by atoms with E-state index < -0.39 is 0 Å². The average Bonchev–Trinajstić information content (AvgIpc) is 2.90. The fraction of sp³-hybridized carbons (Fsp3) is 0.154. The summed E-state index contributed by atoms with van der Waals surface area (Å²) in [5, 5.41) is 2.89. The third kappa shape index (κ3) is 2.91. The first-order valence-corrected chi connectivity index (χ1v) is 6.57. The molecule has 17 heavy (non-hydrogen) atoms. The molecule has 0 bridgehead atoms. The van der Waals surface area contributed by atoms with Crippen molar-refractivity contribution in [3.8, 4) is 0 Å². The van der Waals surface area contributed by atoms with Crippen molar-refractivity contribution in [3.63, 3.8) is 0 Å². The molecular weight excluding hydrogens is 232 g/mol. The molecule has 0 aliphatic rings. The fourth-order valence-electron chi connectivity index (χ4n) is 1.59. The van der Waals surface area contributed by atoms with Crippen LogP contribution in [0, 0.1) is 0 Å². The lowest BCUT2D eigenvalue weighted by atomic mass is 10.2. The van der Waals surface area contributed by atoms with E-state index in [1.54, 1.807) is 24.0 Å². The van der Waals surface area contributed by atoms with Crippen LogP contribution in [0.25, 0.3) is 0 Å². The van der Waals surface area contributed by atoms with Crippen molar-refractivity contribution in [2.45, 2.75) is 11.4 Å². The minimum absolute atomic E-state index is 0.0779. The number of H-pyrrole nitrogens is 1. The zero-order valence-electron chi connectivity index (χ0n) is 9.57. The summed E-state index contributed by atoms with van der Waals surface area (Å²) in [6.07, 6.45) is 3.77. The molecule has 88 valence electrons. The van der Waals surface area contributed by atoms with E-state index in [2.05, 4.69) is 16.4 Å². The number of rotatable bonds is 4. The van der Waals surface area contributed by atoms with Gasteiger partial charge in [-0.25, -0.2) is 0 Å². The van der Waals surface area contributed by atoms with Crippen molar-refractivity contribution in [1.82, 2.24) is 10.3 Å². The highest BCUT2D eigenvalue weighted by Gasteiger charge is 2.06. The second-order valence-electron chi connectivity index (χ2n) is 3.58. The number of hydrogen-bond acceptors (Lipinski definition) is 2. The first-order valence-electron chi connectivity index (χ1n) is 5.34. The van der Waals surface area contributed by atoms with E-state index in [-0.39, 0.29) is 5.91 Å². The van der Waals surface area contributed by atoms with Gasteiger partial charge in [-0.05, 0) is 30.0 Å². The molecule has 4 heteroatoms. The van der Waals surface area contributed by atoms with Crippen molar-refractivity contribution in [3.05, 3.63) is 53.9 Å². The van der Waals surface area contributed by atoms with Crippen molar-refractivity contribution < 1.29 is 4.79 Å². The van der Waals surface area contributed by atoms with Crippen molar-refractivity contribution >= 4 is 17.7 Å². The van der Waals surface area contributed by atoms with Crippen LogP contribution in [-0.4, -0.2) is 17.1 Å². The topological polar surface area (TPSA) is 44.9 Å². The Morgan fingerprint density at radius 1 is 1.29 bits per heavy atom. The number of thioether (sulfide) groups is 1. The molecule has 0 unspecified atom stereocenters. The van der Waals surface area contributed by atoms with Crippen LogP contribution in [0.4, 0.5) is 0 Å². The van der Waals surface area contributed by atoms with Crippen LogP contribution in [0.5, 0.6) is 0 Å². The molecule has 1 heterocycles. The fourth-order valence-corrected chi connectivity index (χ4v) is 2.21. The summed E-state index contributed by atoms with van der Waals surface area (Å²) in [6.45, 7) is 0.550. The van der Waals surface area contributed by atoms with Gasteiger partial charge >= 0.3 is 0 Å². The molecule has 0 saturated heterocycles. The number of carbonyl (C=O) groups is 1. The monoisotopic (exact) mass is 246 g/mol. The lowest BCUT2D eigenvalue weighted by Crippen LogP contribution is -2.23. The van der Waals surface area contributed by atoms with Crippen molar-refractivity contribution in [2.24, 2.45) is 0 Å². The van der Waals surface area contributed by atoms with Gasteiger partial charge in [0.15, 0.2) is 0 Å². The van der Waals surface area contributed by atoms with Crippen molar-refractivity contribution in [1.29, 1.82) is 0 Å². The van der Waals surface area contributed by atoms with Gasteiger partial charge in [-0.2, -0.15) is 0 Å². The van der Waals surface area contributed by atoms with Gasteiger partial charge in [0.05, 0.1) is 0 Å². The Hall–Kier alpha value is -1.68. The smallest absolute Gasteiger partial charge is 0.267 e. The van der Waals surface area contributed by atoms with E-state index in [1.807, 2.05) is 30.5 Å². The molecule has 1 amide bonds. The van der Waals surface area contributed by atoms with Crippen LogP contribution in [0.15, 0.2) is 47.5 Å². The maximum absolute atomic E-state index is 11.7. The molecule has 0 atom stereocenters. The molecule has 0 spiro atoms. The minimum atomic E-state index is -0.0779. The minimum Gasteiger partial charge on any atom is -0.357 e. The van der Waals surface area contributed by atoms with E-state index in [0.717, 1.165) is 5.56 Å². The zero-order valence-corrected chi connectivity index (χ0v) is 10.4. The highest BCUT2D eigenvalue weighted by Crippen LogP contribution is 2.19. The van der Waals surface area contributed by atoms with E-state index in [9.17, 15) is 4.79 Å². The molecule has 0 saturated carbocycles. The van der Waals surface area contributed by atoms with E-state index >= 15 is 0 Å². The number of nitrogens with one attached hydrogen (secondary N) is 2. The first kappa shape index (κ1) is 11.8. The quantitative estimate of drug-likeness (QED) is 0.815. The number of carbonyl (C=O) groups excluding carboxylic acids is 1. The molecule has 1 aromatic carbocycles. The Morgan fingerprint density at radius 2 is 2.12 bits per heavy atom. The summed E-state index contributed by atoms with van der Waals surface area (Å²) in [5.41, 5.74) is 1.73. The molecular formula is C13H14N2OS. The molecule has 0 aliphatic heterocycles. The molecule has 3 nitrogen and oxygen atoms in total. The first-order chi connectivity index (χ1) is 8.31. The highest BCUT2D eigenvalue weighted by molar-refractivity contribution is 7.98. The predicted molar refractivity (Wildman–Crippen MR) is 70.2 cm³/mol.